The summed E-state index contributed by atoms with van der Waals surface area (Å²) in [4.78, 5) is 0. The molecule has 0 fully saturated rings. The Morgan fingerprint density at radius 3 is 2.52 bits per heavy atom. The van der Waals surface area contributed by atoms with Crippen LogP contribution in [0.15, 0.2) is 16.6 Å². The van der Waals surface area contributed by atoms with E-state index in [1.165, 1.54) is 0 Å². The largest absolute Gasteiger partial charge is 0.493 e. The van der Waals surface area contributed by atoms with E-state index in [0.717, 1.165) is 41.2 Å². The summed E-state index contributed by atoms with van der Waals surface area (Å²) in [6, 6.07) is 4.02. The monoisotopic (exact) mass is 360 g/mol. The van der Waals surface area contributed by atoms with Gasteiger partial charge in [0.15, 0.2) is 11.5 Å². The molecule has 1 rings (SSSR count). The molecule has 6 heteroatoms. The number of rotatable bonds is 10. The topological polar surface area (TPSA) is 62.8 Å². The van der Waals surface area contributed by atoms with Crippen molar-refractivity contribution in [1.29, 1.82) is 0 Å². The summed E-state index contributed by atoms with van der Waals surface area (Å²) in [5.41, 5.74) is 1.12. The standard InChI is InChI=1S/C15H25BrN2O3/c1-11(2)21-15-13(16)8-12(9-14(15)20-3)10-18-5-4-17-6-7-19/h8-9,11,17-19H,4-7,10H2,1-3H3. The first-order chi connectivity index (χ1) is 10.1. The molecule has 0 saturated carbocycles. The van der Waals surface area contributed by atoms with E-state index in [4.69, 9.17) is 14.6 Å². The van der Waals surface area contributed by atoms with Gasteiger partial charge in [-0.1, -0.05) is 0 Å². The van der Waals surface area contributed by atoms with Crippen LogP contribution in [0.4, 0.5) is 0 Å². The molecule has 0 aliphatic carbocycles. The molecule has 5 nitrogen and oxygen atoms in total. The van der Waals surface area contributed by atoms with Crippen molar-refractivity contribution in [3.8, 4) is 11.5 Å². The predicted octanol–water partition coefficient (Wildman–Crippen LogP) is 1.92. The van der Waals surface area contributed by atoms with Crippen molar-refractivity contribution in [2.45, 2.75) is 26.5 Å². The van der Waals surface area contributed by atoms with E-state index in [9.17, 15) is 0 Å². The van der Waals surface area contributed by atoms with Crippen LogP contribution in [0.3, 0.4) is 0 Å². The Bertz CT molecular complexity index is 428. The Balaban J connectivity index is 2.58. The normalized spacial score (nSPS) is 11.0. The lowest BCUT2D eigenvalue weighted by molar-refractivity contribution is 0.228. The fourth-order valence-electron chi connectivity index (χ4n) is 1.84. The van der Waals surface area contributed by atoms with Crippen molar-refractivity contribution >= 4 is 15.9 Å². The first kappa shape index (κ1) is 18.2. The molecule has 0 aromatic heterocycles. The van der Waals surface area contributed by atoms with Gasteiger partial charge in [-0.15, -0.1) is 0 Å². The number of nitrogens with one attached hydrogen (secondary N) is 2. The molecule has 0 amide bonds. The van der Waals surface area contributed by atoms with Crippen LogP contribution in [-0.2, 0) is 6.54 Å². The molecule has 0 unspecified atom stereocenters. The van der Waals surface area contributed by atoms with Crippen molar-refractivity contribution in [3.05, 3.63) is 22.2 Å². The minimum atomic E-state index is 0.0942. The minimum Gasteiger partial charge on any atom is -0.493 e. The molecule has 0 radical (unpaired) electrons. The molecule has 0 spiro atoms. The molecular formula is C15H25BrN2O3. The fourth-order valence-corrected chi connectivity index (χ4v) is 2.42. The Morgan fingerprint density at radius 1 is 1.19 bits per heavy atom. The number of halogens is 1. The highest BCUT2D eigenvalue weighted by molar-refractivity contribution is 9.10. The van der Waals surface area contributed by atoms with E-state index in [1.54, 1.807) is 7.11 Å². The predicted molar refractivity (Wildman–Crippen MR) is 88.1 cm³/mol. The third kappa shape index (κ3) is 6.65. The van der Waals surface area contributed by atoms with Crippen LogP contribution in [0.25, 0.3) is 0 Å². The van der Waals surface area contributed by atoms with Crippen molar-refractivity contribution in [2.24, 2.45) is 0 Å². The lowest BCUT2D eigenvalue weighted by Crippen LogP contribution is -2.28. The summed E-state index contributed by atoms with van der Waals surface area (Å²) in [5.74, 6) is 1.47. The van der Waals surface area contributed by atoms with Gasteiger partial charge in [0.05, 0.1) is 24.3 Å². The summed E-state index contributed by atoms with van der Waals surface area (Å²) >= 11 is 3.54. The summed E-state index contributed by atoms with van der Waals surface area (Å²) in [5, 5.41) is 15.1. The Labute approximate surface area is 135 Å². The summed E-state index contributed by atoms with van der Waals surface area (Å²) in [7, 11) is 1.64. The fraction of sp³-hybridized carbons (Fsp3) is 0.600. The number of aliphatic hydroxyl groups is 1. The molecule has 3 N–H and O–H groups in total. The maximum Gasteiger partial charge on any atom is 0.175 e. The highest BCUT2D eigenvalue weighted by Gasteiger charge is 2.12. The third-order valence-corrected chi connectivity index (χ3v) is 3.33. The highest BCUT2D eigenvalue weighted by Crippen LogP contribution is 2.37. The first-order valence-corrected chi connectivity index (χ1v) is 7.93. The summed E-state index contributed by atoms with van der Waals surface area (Å²) in [6.45, 7) is 7.18. The van der Waals surface area contributed by atoms with Crippen LogP contribution in [0.5, 0.6) is 11.5 Å². The molecule has 21 heavy (non-hydrogen) atoms. The SMILES string of the molecule is COc1cc(CNCCNCCO)cc(Br)c1OC(C)C. The second-order valence-corrected chi connectivity index (χ2v) is 5.78. The smallest absolute Gasteiger partial charge is 0.175 e. The number of aliphatic hydroxyl groups excluding tert-OH is 1. The van der Waals surface area contributed by atoms with E-state index in [-0.39, 0.29) is 12.7 Å². The number of hydrogen-bond acceptors (Lipinski definition) is 5. The summed E-state index contributed by atoms with van der Waals surface area (Å²) < 4.78 is 12.1. The maximum absolute atomic E-state index is 8.66. The zero-order valence-corrected chi connectivity index (χ0v) is 14.5. The molecular weight excluding hydrogens is 336 g/mol. The molecule has 120 valence electrons. The van der Waals surface area contributed by atoms with Gasteiger partial charge >= 0.3 is 0 Å². The van der Waals surface area contributed by atoms with Gasteiger partial charge in [0, 0.05) is 26.2 Å². The molecule has 0 aliphatic heterocycles. The lowest BCUT2D eigenvalue weighted by atomic mass is 10.2. The van der Waals surface area contributed by atoms with Gasteiger partial charge in [-0.2, -0.15) is 0 Å². The number of hydrogen-bond donors (Lipinski definition) is 3. The average Bonchev–Trinajstić information content (AvgIpc) is 2.44. The van der Waals surface area contributed by atoms with E-state index in [2.05, 4.69) is 26.6 Å². The van der Waals surface area contributed by atoms with Gasteiger partial charge in [0.2, 0.25) is 0 Å². The van der Waals surface area contributed by atoms with E-state index in [1.807, 2.05) is 26.0 Å². The van der Waals surface area contributed by atoms with Crippen LogP contribution < -0.4 is 20.1 Å². The van der Waals surface area contributed by atoms with Gasteiger partial charge < -0.3 is 25.2 Å². The zero-order chi connectivity index (χ0) is 15.7. The number of ether oxygens (including phenoxy) is 2. The second kappa shape index (κ2) is 10.00. The average molecular weight is 361 g/mol. The Hall–Kier alpha value is -0.820. The molecule has 0 atom stereocenters. The third-order valence-electron chi connectivity index (χ3n) is 2.74. The Morgan fingerprint density at radius 2 is 1.90 bits per heavy atom. The molecule has 0 heterocycles. The molecule has 0 bridgehead atoms. The van der Waals surface area contributed by atoms with Gasteiger partial charge in [-0.3, -0.25) is 0 Å². The highest BCUT2D eigenvalue weighted by atomic mass is 79.9. The van der Waals surface area contributed by atoms with Crippen LogP contribution in [-0.4, -0.2) is 44.6 Å². The zero-order valence-electron chi connectivity index (χ0n) is 12.9. The van der Waals surface area contributed by atoms with Crippen LogP contribution in [0, 0.1) is 0 Å². The van der Waals surface area contributed by atoms with E-state index >= 15 is 0 Å². The van der Waals surface area contributed by atoms with Gasteiger partial charge in [0.1, 0.15) is 0 Å². The second-order valence-electron chi connectivity index (χ2n) is 4.93. The van der Waals surface area contributed by atoms with Gasteiger partial charge in [-0.25, -0.2) is 0 Å². The van der Waals surface area contributed by atoms with Crippen molar-refractivity contribution < 1.29 is 14.6 Å². The van der Waals surface area contributed by atoms with Crippen LogP contribution in [0.2, 0.25) is 0 Å². The molecule has 0 saturated heterocycles. The van der Waals surface area contributed by atoms with Gasteiger partial charge in [-0.05, 0) is 47.5 Å². The van der Waals surface area contributed by atoms with Crippen molar-refractivity contribution in [1.82, 2.24) is 10.6 Å². The van der Waals surface area contributed by atoms with E-state index in [0.29, 0.717) is 6.54 Å². The number of methoxy groups -OCH3 is 1. The quantitative estimate of drug-likeness (QED) is 0.556. The minimum absolute atomic E-state index is 0.0942. The first-order valence-electron chi connectivity index (χ1n) is 7.13. The maximum atomic E-state index is 8.66. The van der Waals surface area contributed by atoms with Crippen LogP contribution >= 0.6 is 15.9 Å². The molecule has 0 aliphatic rings. The lowest BCUT2D eigenvalue weighted by Gasteiger charge is -2.16. The van der Waals surface area contributed by atoms with Crippen molar-refractivity contribution in [2.75, 3.05) is 33.4 Å². The number of benzene rings is 1. The van der Waals surface area contributed by atoms with E-state index < -0.39 is 0 Å². The molecule has 1 aromatic carbocycles. The summed E-state index contributed by atoms with van der Waals surface area (Å²) in [6.07, 6.45) is 0.0942. The Kier molecular flexibility index (Phi) is 8.68. The van der Waals surface area contributed by atoms with Crippen LogP contribution in [0.1, 0.15) is 19.4 Å². The van der Waals surface area contributed by atoms with Crippen molar-refractivity contribution in [3.63, 3.8) is 0 Å². The molecule has 1 aromatic rings. The van der Waals surface area contributed by atoms with Gasteiger partial charge in [0.25, 0.3) is 0 Å².